The molecule has 0 N–H and O–H groups in total. The van der Waals surface area contributed by atoms with Gasteiger partial charge >= 0.3 is 0 Å². The molecule has 0 aliphatic rings. The summed E-state index contributed by atoms with van der Waals surface area (Å²) in [6.45, 7) is 13.1. The van der Waals surface area contributed by atoms with Gasteiger partial charge < -0.3 is 14.4 Å². The molecule has 0 unspecified atom stereocenters. The van der Waals surface area contributed by atoms with Gasteiger partial charge in [-0.25, -0.2) is 0 Å². The van der Waals surface area contributed by atoms with Crippen LogP contribution in [-0.4, -0.2) is 37.1 Å². The highest BCUT2D eigenvalue weighted by Crippen LogP contribution is 2.26. The Labute approximate surface area is 126 Å². The Morgan fingerprint density at radius 1 is 1.14 bits per heavy atom. The minimum absolute atomic E-state index is 0.110. The van der Waals surface area contributed by atoms with Gasteiger partial charge in [0.05, 0.1) is 18.8 Å². The van der Waals surface area contributed by atoms with Crippen LogP contribution in [0.4, 0.5) is 0 Å². The van der Waals surface area contributed by atoms with Crippen LogP contribution < -0.4 is 9.47 Å². The highest BCUT2D eigenvalue weighted by Gasteiger charge is 2.18. The number of hydrogen-bond donors (Lipinski definition) is 0. The smallest absolute Gasteiger partial charge is 0.258 e. The van der Waals surface area contributed by atoms with Crippen LogP contribution in [0.2, 0.25) is 0 Å². The molecule has 0 atom stereocenters. The lowest BCUT2D eigenvalue weighted by Crippen LogP contribution is -2.31. The molecule has 4 heteroatoms. The van der Waals surface area contributed by atoms with E-state index in [1.807, 2.05) is 13.8 Å². The molecule has 0 saturated heterocycles. The van der Waals surface area contributed by atoms with Crippen molar-refractivity contribution in [2.24, 2.45) is 0 Å². The van der Waals surface area contributed by atoms with Gasteiger partial charge in [-0.3, -0.25) is 4.79 Å². The first-order chi connectivity index (χ1) is 10.2. The molecule has 0 fully saturated rings. The van der Waals surface area contributed by atoms with Gasteiger partial charge in [-0.15, -0.1) is 13.2 Å². The SMILES string of the molecule is C=CCN(CC=C)C(=O)c1ccc(OCC)cc1OCC. The maximum atomic E-state index is 12.6. The lowest BCUT2D eigenvalue weighted by molar-refractivity contribution is 0.0786. The second-order valence-electron chi connectivity index (χ2n) is 4.31. The van der Waals surface area contributed by atoms with Crippen LogP contribution in [-0.2, 0) is 0 Å². The van der Waals surface area contributed by atoms with Gasteiger partial charge in [-0.2, -0.15) is 0 Å². The molecule has 1 aromatic carbocycles. The molecular weight excluding hydrogens is 266 g/mol. The van der Waals surface area contributed by atoms with Gasteiger partial charge in [-0.1, -0.05) is 12.2 Å². The number of nitrogens with zero attached hydrogens (tertiary/aromatic N) is 1. The number of benzene rings is 1. The monoisotopic (exact) mass is 289 g/mol. The summed E-state index contributed by atoms with van der Waals surface area (Å²) in [6.07, 6.45) is 3.38. The Morgan fingerprint density at radius 2 is 1.76 bits per heavy atom. The zero-order chi connectivity index (χ0) is 15.7. The number of carbonyl (C=O) groups is 1. The summed E-state index contributed by atoms with van der Waals surface area (Å²) >= 11 is 0. The summed E-state index contributed by atoms with van der Waals surface area (Å²) in [5.41, 5.74) is 0.518. The van der Waals surface area contributed by atoms with Crippen molar-refractivity contribution in [1.29, 1.82) is 0 Å². The number of hydrogen-bond acceptors (Lipinski definition) is 3. The van der Waals surface area contributed by atoms with Gasteiger partial charge in [0.25, 0.3) is 5.91 Å². The average Bonchev–Trinajstić information content (AvgIpc) is 2.47. The average molecular weight is 289 g/mol. The molecule has 0 saturated carbocycles. The van der Waals surface area contributed by atoms with E-state index in [0.29, 0.717) is 43.4 Å². The lowest BCUT2D eigenvalue weighted by Gasteiger charge is -2.21. The lowest BCUT2D eigenvalue weighted by atomic mass is 10.1. The zero-order valence-electron chi connectivity index (χ0n) is 12.8. The fraction of sp³-hybridized carbons (Fsp3) is 0.353. The third-order valence-electron chi connectivity index (χ3n) is 2.78. The van der Waals surface area contributed by atoms with Crippen LogP contribution in [0.25, 0.3) is 0 Å². The molecule has 0 bridgehead atoms. The van der Waals surface area contributed by atoms with E-state index >= 15 is 0 Å². The van der Waals surface area contributed by atoms with Crippen molar-refractivity contribution >= 4 is 5.91 Å². The molecule has 1 aromatic rings. The summed E-state index contributed by atoms with van der Waals surface area (Å²) in [5.74, 6) is 1.12. The van der Waals surface area contributed by atoms with Crippen LogP contribution in [0, 0.1) is 0 Å². The Morgan fingerprint density at radius 3 is 2.29 bits per heavy atom. The number of carbonyl (C=O) groups excluding carboxylic acids is 1. The van der Waals surface area contributed by atoms with Crippen molar-refractivity contribution in [3.8, 4) is 11.5 Å². The van der Waals surface area contributed by atoms with E-state index < -0.39 is 0 Å². The Balaban J connectivity index is 3.10. The summed E-state index contributed by atoms with van der Waals surface area (Å²) in [6, 6.07) is 5.26. The topological polar surface area (TPSA) is 38.8 Å². The predicted octanol–water partition coefficient (Wildman–Crippen LogP) is 3.30. The summed E-state index contributed by atoms with van der Waals surface area (Å²) in [4.78, 5) is 14.3. The Kier molecular flexibility index (Phi) is 7.09. The second-order valence-corrected chi connectivity index (χ2v) is 4.31. The Hall–Kier alpha value is -2.23. The molecule has 1 amide bonds. The van der Waals surface area contributed by atoms with E-state index in [-0.39, 0.29) is 5.91 Å². The van der Waals surface area contributed by atoms with Crippen molar-refractivity contribution in [1.82, 2.24) is 4.90 Å². The second kappa shape index (κ2) is 8.84. The van der Waals surface area contributed by atoms with Crippen LogP contribution in [0.3, 0.4) is 0 Å². The molecule has 0 heterocycles. The fourth-order valence-electron chi connectivity index (χ4n) is 1.93. The third kappa shape index (κ3) is 4.67. The van der Waals surface area contributed by atoms with Crippen LogP contribution in [0.5, 0.6) is 11.5 Å². The highest BCUT2D eigenvalue weighted by molar-refractivity contribution is 5.97. The first-order valence-electron chi connectivity index (χ1n) is 7.08. The molecule has 4 nitrogen and oxygen atoms in total. The van der Waals surface area contributed by atoms with E-state index in [4.69, 9.17) is 9.47 Å². The fourth-order valence-corrected chi connectivity index (χ4v) is 1.93. The minimum atomic E-state index is -0.110. The molecule has 1 rings (SSSR count). The molecule has 0 aliphatic carbocycles. The number of rotatable bonds is 9. The van der Waals surface area contributed by atoms with Crippen molar-refractivity contribution in [2.45, 2.75) is 13.8 Å². The van der Waals surface area contributed by atoms with Crippen molar-refractivity contribution in [3.63, 3.8) is 0 Å². The molecular formula is C17H23NO3. The van der Waals surface area contributed by atoms with Crippen LogP contribution >= 0.6 is 0 Å². The Bertz CT molecular complexity index is 487. The van der Waals surface area contributed by atoms with Crippen molar-refractivity contribution in [2.75, 3.05) is 26.3 Å². The first kappa shape index (κ1) is 16.8. The van der Waals surface area contributed by atoms with Gasteiger partial charge in [0.2, 0.25) is 0 Å². The van der Waals surface area contributed by atoms with Gasteiger partial charge in [0.1, 0.15) is 11.5 Å². The van der Waals surface area contributed by atoms with Gasteiger partial charge in [0, 0.05) is 19.2 Å². The molecule has 0 radical (unpaired) electrons. The molecule has 114 valence electrons. The van der Waals surface area contributed by atoms with E-state index in [1.54, 1.807) is 35.3 Å². The quantitative estimate of drug-likeness (QED) is 0.655. The van der Waals surface area contributed by atoms with Crippen LogP contribution in [0.15, 0.2) is 43.5 Å². The van der Waals surface area contributed by atoms with E-state index in [2.05, 4.69) is 13.2 Å². The maximum Gasteiger partial charge on any atom is 0.258 e. The number of amides is 1. The third-order valence-corrected chi connectivity index (χ3v) is 2.78. The normalized spacial score (nSPS) is 9.81. The van der Waals surface area contributed by atoms with Gasteiger partial charge in [-0.05, 0) is 26.0 Å². The predicted molar refractivity (Wildman–Crippen MR) is 85.1 cm³/mol. The highest BCUT2D eigenvalue weighted by atomic mass is 16.5. The first-order valence-corrected chi connectivity index (χ1v) is 7.08. The number of ether oxygens (including phenoxy) is 2. The zero-order valence-corrected chi connectivity index (χ0v) is 12.8. The van der Waals surface area contributed by atoms with Gasteiger partial charge in [0.15, 0.2) is 0 Å². The maximum absolute atomic E-state index is 12.6. The van der Waals surface area contributed by atoms with E-state index in [1.165, 1.54) is 0 Å². The molecule has 0 spiro atoms. The largest absolute Gasteiger partial charge is 0.494 e. The van der Waals surface area contributed by atoms with E-state index in [9.17, 15) is 4.79 Å². The molecule has 0 aliphatic heterocycles. The molecule has 0 aromatic heterocycles. The van der Waals surface area contributed by atoms with Crippen molar-refractivity contribution < 1.29 is 14.3 Å². The van der Waals surface area contributed by atoms with E-state index in [0.717, 1.165) is 0 Å². The van der Waals surface area contributed by atoms with Crippen LogP contribution in [0.1, 0.15) is 24.2 Å². The summed E-state index contributed by atoms with van der Waals surface area (Å²) in [7, 11) is 0. The standard InChI is InChI=1S/C17H23NO3/c1-5-11-18(12-6-2)17(19)15-10-9-14(20-7-3)13-16(15)21-8-4/h5-6,9-10,13H,1-2,7-8,11-12H2,3-4H3. The molecule has 21 heavy (non-hydrogen) atoms. The summed E-state index contributed by atoms with van der Waals surface area (Å²) in [5, 5.41) is 0. The summed E-state index contributed by atoms with van der Waals surface area (Å²) < 4.78 is 11.0. The van der Waals surface area contributed by atoms with Crippen molar-refractivity contribution in [3.05, 3.63) is 49.1 Å². The minimum Gasteiger partial charge on any atom is -0.494 e.